The standard InChI is InChI=1S/C24H26FN3O2/c1-16-22(21-4-2-3-5-23(21)26-16)13-20-12-19(25)15-28(20)14-18-8-6-17(7-9-18)10-11-24(29)27-30/h2-11,19-20,26,30H,12-15H2,1H3,(H,27,29)/b11-10+/t19?,20-/m1/s1. The molecule has 2 heterocycles. The Morgan fingerprint density at radius 1 is 1.27 bits per heavy atom. The Balaban J connectivity index is 1.47. The average Bonchev–Trinajstić information content (AvgIpc) is 3.26. The van der Waals surface area contributed by atoms with Gasteiger partial charge >= 0.3 is 0 Å². The molecule has 0 bridgehead atoms. The predicted octanol–water partition coefficient (Wildman–Crippen LogP) is 4.15. The van der Waals surface area contributed by atoms with E-state index in [1.54, 1.807) is 11.6 Å². The van der Waals surface area contributed by atoms with Crippen LogP contribution in [0.3, 0.4) is 0 Å². The molecule has 3 N–H and O–H groups in total. The van der Waals surface area contributed by atoms with Gasteiger partial charge in [-0.2, -0.15) is 0 Å². The van der Waals surface area contributed by atoms with Crippen LogP contribution in [0.5, 0.6) is 0 Å². The monoisotopic (exact) mass is 407 g/mol. The van der Waals surface area contributed by atoms with Crippen molar-refractivity contribution in [2.75, 3.05) is 6.54 Å². The summed E-state index contributed by atoms with van der Waals surface area (Å²) in [7, 11) is 0. The highest BCUT2D eigenvalue weighted by atomic mass is 19.1. The molecule has 1 saturated heterocycles. The maximum atomic E-state index is 14.3. The molecular formula is C24H26FN3O2. The van der Waals surface area contributed by atoms with Crippen molar-refractivity contribution in [2.45, 2.75) is 38.5 Å². The van der Waals surface area contributed by atoms with Crippen LogP contribution in [0.15, 0.2) is 54.6 Å². The molecule has 1 fully saturated rings. The SMILES string of the molecule is Cc1[nH]c2ccccc2c1C[C@H]1CC(F)CN1Cc1ccc(/C=C/C(=O)NO)cc1. The number of aryl methyl sites for hydroxylation is 1. The molecule has 4 rings (SSSR count). The van der Waals surface area contributed by atoms with E-state index in [1.165, 1.54) is 17.0 Å². The molecule has 0 radical (unpaired) electrons. The highest BCUT2D eigenvalue weighted by Gasteiger charge is 2.32. The second kappa shape index (κ2) is 8.81. The van der Waals surface area contributed by atoms with Crippen LogP contribution in [-0.4, -0.2) is 39.8 Å². The van der Waals surface area contributed by atoms with Crippen molar-refractivity contribution in [1.82, 2.24) is 15.4 Å². The predicted molar refractivity (Wildman–Crippen MR) is 116 cm³/mol. The van der Waals surface area contributed by atoms with E-state index < -0.39 is 12.1 Å². The lowest BCUT2D eigenvalue weighted by Crippen LogP contribution is -2.31. The number of nitrogens with one attached hydrogen (secondary N) is 2. The van der Waals surface area contributed by atoms with Crippen molar-refractivity contribution < 1.29 is 14.4 Å². The number of alkyl halides is 1. The fourth-order valence-corrected chi connectivity index (χ4v) is 4.34. The molecule has 156 valence electrons. The van der Waals surface area contributed by atoms with Gasteiger partial charge in [-0.15, -0.1) is 0 Å². The van der Waals surface area contributed by atoms with Crippen LogP contribution in [-0.2, 0) is 17.8 Å². The summed E-state index contributed by atoms with van der Waals surface area (Å²) in [5.41, 5.74) is 7.09. The molecule has 2 atom stereocenters. The van der Waals surface area contributed by atoms with Crippen molar-refractivity contribution in [2.24, 2.45) is 0 Å². The number of hydroxylamine groups is 1. The lowest BCUT2D eigenvalue weighted by molar-refractivity contribution is -0.124. The zero-order valence-corrected chi connectivity index (χ0v) is 16.9. The topological polar surface area (TPSA) is 68.4 Å². The number of aromatic nitrogens is 1. The first-order valence-corrected chi connectivity index (χ1v) is 10.2. The number of carbonyl (C=O) groups excluding carboxylic acids is 1. The number of H-pyrrole nitrogens is 1. The summed E-state index contributed by atoms with van der Waals surface area (Å²) in [6.45, 7) is 3.23. The van der Waals surface area contributed by atoms with Crippen molar-refractivity contribution in [3.8, 4) is 0 Å². The van der Waals surface area contributed by atoms with Gasteiger partial charge in [-0.25, -0.2) is 9.87 Å². The smallest absolute Gasteiger partial charge is 0.267 e. The van der Waals surface area contributed by atoms with Crippen LogP contribution in [0.1, 0.15) is 28.8 Å². The highest BCUT2D eigenvalue weighted by molar-refractivity contribution is 5.90. The van der Waals surface area contributed by atoms with E-state index in [2.05, 4.69) is 28.9 Å². The van der Waals surface area contributed by atoms with E-state index >= 15 is 0 Å². The van der Waals surface area contributed by atoms with E-state index in [0.29, 0.717) is 19.5 Å². The summed E-state index contributed by atoms with van der Waals surface area (Å²) in [6, 6.07) is 16.3. The van der Waals surface area contributed by atoms with Gasteiger partial charge in [-0.05, 0) is 48.6 Å². The zero-order valence-electron chi connectivity index (χ0n) is 16.9. The largest absolute Gasteiger partial charge is 0.358 e. The Morgan fingerprint density at radius 3 is 2.80 bits per heavy atom. The average molecular weight is 407 g/mol. The molecule has 0 spiro atoms. The van der Waals surface area contributed by atoms with Crippen molar-refractivity contribution in [3.05, 3.63) is 77.0 Å². The van der Waals surface area contributed by atoms with Gasteiger partial charge in [0.1, 0.15) is 6.17 Å². The van der Waals surface area contributed by atoms with Crippen LogP contribution in [0.4, 0.5) is 4.39 Å². The molecule has 1 unspecified atom stereocenters. The number of likely N-dealkylation sites (tertiary alicyclic amines) is 1. The van der Waals surface area contributed by atoms with Crippen LogP contribution in [0.25, 0.3) is 17.0 Å². The number of hydrogen-bond donors (Lipinski definition) is 3. The molecule has 0 aliphatic carbocycles. The third-order valence-electron chi connectivity index (χ3n) is 5.85. The fraction of sp³-hybridized carbons (Fsp3) is 0.292. The number of halogens is 1. The van der Waals surface area contributed by atoms with Gasteiger partial charge in [0.15, 0.2) is 0 Å². The third-order valence-corrected chi connectivity index (χ3v) is 5.85. The quantitative estimate of drug-likeness (QED) is 0.327. The number of benzene rings is 2. The number of aromatic amines is 1. The maximum absolute atomic E-state index is 14.3. The number of hydrogen-bond acceptors (Lipinski definition) is 3. The number of rotatable bonds is 6. The lowest BCUT2D eigenvalue weighted by Gasteiger charge is -2.24. The number of fused-ring (bicyclic) bond motifs is 1. The number of carbonyl (C=O) groups is 1. The first-order valence-electron chi connectivity index (χ1n) is 10.2. The summed E-state index contributed by atoms with van der Waals surface area (Å²) in [6.07, 6.45) is 3.47. The summed E-state index contributed by atoms with van der Waals surface area (Å²) < 4.78 is 14.3. The molecule has 1 aliphatic heterocycles. The van der Waals surface area contributed by atoms with Crippen molar-refractivity contribution in [1.29, 1.82) is 0 Å². The van der Waals surface area contributed by atoms with E-state index in [9.17, 15) is 9.18 Å². The molecule has 30 heavy (non-hydrogen) atoms. The van der Waals surface area contributed by atoms with E-state index in [0.717, 1.165) is 28.8 Å². The van der Waals surface area contributed by atoms with Gasteiger partial charge in [-0.1, -0.05) is 42.5 Å². The second-order valence-electron chi connectivity index (χ2n) is 7.95. The molecule has 5 nitrogen and oxygen atoms in total. The highest BCUT2D eigenvalue weighted by Crippen LogP contribution is 2.30. The van der Waals surface area contributed by atoms with Gasteiger partial charge in [0.05, 0.1) is 0 Å². The minimum absolute atomic E-state index is 0.158. The number of amides is 1. The van der Waals surface area contributed by atoms with E-state index in [1.807, 2.05) is 36.4 Å². The van der Waals surface area contributed by atoms with Crippen LogP contribution in [0, 0.1) is 6.92 Å². The molecule has 6 heteroatoms. The zero-order chi connectivity index (χ0) is 21.1. The normalized spacial score (nSPS) is 19.7. The molecule has 1 amide bonds. The summed E-state index contributed by atoms with van der Waals surface area (Å²) in [5.74, 6) is -0.569. The van der Waals surface area contributed by atoms with Gasteiger partial charge in [0, 0.05) is 41.8 Å². The Hall–Kier alpha value is -2.96. The van der Waals surface area contributed by atoms with Crippen molar-refractivity contribution >= 4 is 22.9 Å². The molecule has 2 aromatic carbocycles. The minimum atomic E-state index is -0.806. The fourth-order valence-electron chi connectivity index (χ4n) is 4.34. The first-order chi connectivity index (χ1) is 14.5. The summed E-state index contributed by atoms with van der Waals surface area (Å²) >= 11 is 0. The minimum Gasteiger partial charge on any atom is -0.358 e. The maximum Gasteiger partial charge on any atom is 0.267 e. The van der Waals surface area contributed by atoms with Gasteiger partial charge < -0.3 is 4.98 Å². The van der Waals surface area contributed by atoms with Crippen LogP contribution in [0.2, 0.25) is 0 Å². The Kier molecular flexibility index (Phi) is 5.97. The summed E-state index contributed by atoms with van der Waals surface area (Å²) in [5, 5.41) is 9.76. The molecular weight excluding hydrogens is 381 g/mol. The summed E-state index contributed by atoms with van der Waals surface area (Å²) in [4.78, 5) is 16.8. The Bertz CT molecular complexity index is 1060. The Morgan fingerprint density at radius 2 is 2.03 bits per heavy atom. The first kappa shape index (κ1) is 20.3. The van der Waals surface area contributed by atoms with E-state index in [4.69, 9.17) is 5.21 Å². The number of para-hydroxylation sites is 1. The third kappa shape index (κ3) is 4.45. The second-order valence-corrected chi connectivity index (χ2v) is 7.95. The van der Waals surface area contributed by atoms with Gasteiger partial charge in [0.2, 0.25) is 0 Å². The van der Waals surface area contributed by atoms with Crippen molar-refractivity contribution in [3.63, 3.8) is 0 Å². The lowest BCUT2D eigenvalue weighted by atomic mass is 10.0. The molecule has 1 aliphatic rings. The van der Waals surface area contributed by atoms with Crippen LogP contribution < -0.4 is 5.48 Å². The van der Waals surface area contributed by atoms with Crippen LogP contribution >= 0.6 is 0 Å². The molecule has 0 saturated carbocycles. The van der Waals surface area contributed by atoms with Gasteiger partial charge in [0.25, 0.3) is 5.91 Å². The van der Waals surface area contributed by atoms with E-state index in [-0.39, 0.29) is 6.04 Å². The van der Waals surface area contributed by atoms with Gasteiger partial charge in [-0.3, -0.25) is 14.9 Å². The molecule has 3 aromatic rings. The molecule has 1 aromatic heterocycles. The Labute approximate surface area is 175 Å². The number of nitrogens with zero attached hydrogens (tertiary/aromatic N) is 1.